The highest BCUT2D eigenvalue weighted by molar-refractivity contribution is 6.01. The van der Waals surface area contributed by atoms with Crippen molar-refractivity contribution in [3.63, 3.8) is 0 Å². The smallest absolute Gasteiger partial charge is 0.395 e. The zero-order valence-electron chi connectivity index (χ0n) is 17.2. The van der Waals surface area contributed by atoms with Gasteiger partial charge in [-0.25, -0.2) is 14.5 Å². The van der Waals surface area contributed by atoms with Gasteiger partial charge in [0.1, 0.15) is 12.2 Å². The lowest BCUT2D eigenvalue weighted by Gasteiger charge is -2.25. The van der Waals surface area contributed by atoms with Crippen LogP contribution in [0.3, 0.4) is 0 Å². The molecule has 0 bridgehead atoms. The van der Waals surface area contributed by atoms with E-state index in [0.29, 0.717) is 22.7 Å². The summed E-state index contributed by atoms with van der Waals surface area (Å²) in [5, 5.41) is 13.8. The topological polar surface area (TPSA) is 110 Å². The average Bonchev–Trinajstić information content (AvgIpc) is 3.40. The largest absolute Gasteiger partial charge is 0.397 e. The number of carbonyl (C=O) groups excluding carboxylic acids is 1. The van der Waals surface area contributed by atoms with Crippen molar-refractivity contribution in [3.05, 3.63) is 41.3 Å². The number of aromatic nitrogens is 4. The Morgan fingerprint density at radius 1 is 1.28 bits per heavy atom. The first-order valence-electron chi connectivity index (χ1n) is 10.3. The van der Waals surface area contributed by atoms with Gasteiger partial charge >= 0.3 is 6.18 Å². The second-order valence-corrected chi connectivity index (χ2v) is 8.41. The second-order valence-electron chi connectivity index (χ2n) is 8.41. The van der Waals surface area contributed by atoms with Gasteiger partial charge in [0.25, 0.3) is 5.91 Å². The van der Waals surface area contributed by atoms with E-state index in [9.17, 15) is 23.1 Å². The molecule has 2 aliphatic rings. The molecule has 32 heavy (non-hydrogen) atoms. The van der Waals surface area contributed by atoms with Crippen LogP contribution in [0.1, 0.15) is 47.2 Å². The zero-order chi connectivity index (χ0) is 22.8. The molecule has 1 saturated carbocycles. The summed E-state index contributed by atoms with van der Waals surface area (Å²) in [5.74, 6) is -2.11. The maximum Gasteiger partial charge on any atom is 0.397 e. The summed E-state index contributed by atoms with van der Waals surface area (Å²) < 4.78 is 42.9. The van der Waals surface area contributed by atoms with Crippen molar-refractivity contribution in [1.29, 1.82) is 0 Å². The Labute approximate surface area is 180 Å². The van der Waals surface area contributed by atoms with Crippen molar-refractivity contribution in [1.82, 2.24) is 24.5 Å². The van der Waals surface area contributed by atoms with Gasteiger partial charge in [0.15, 0.2) is 11.5 Å². The van der Waals surface area contributed by atoms with Crippen LogP contribution in [0.25, 0.3) is 16.9 Å². The number of benzene rings is 1. The first-order chi connectivity index (χ1) is 15.2. The summed E-state index contributed by atoms with van der Waals surface area (Å²) in [4.78, 5) is 22.9. The molecule has 1 aromatic carbocycles. The van der Waals surface area contributed by atoms with Crippen LogP contribution in [0.5, 0.6) is 0 Å². The number of aliphatic hydroxyl groups is 1. The van der Waals surface area contributed by atoms with E-state index < -0.39 is 24.6 Å². The van der Waals surface area contributed by atoms with Crippen LogP contribution < -0.4 is 5.73 Å². The van der Waals surface area contributed by atoms with Gasteiger partial charge in [-0.3, -0.25) is 4.79 Å². The molecule has 5 rings (SSSR count). The molecular formula is C21H21F3N6O2. The fourth-order valence-corrected chi connectivity index (χ4v) is 4.51. The van der Waals surface area contributed by atoms with Crippen LogP contribution in [0.4, 0.5) is 19.0 Å². The highest BCUT2D eigenvalue weighted by Crippen LogP contribution is 2.44. The van der Waals surface area contributed by atoms with Crippen molar-refractivity contribution in [2.45, 2.75) is 44.4 Å². The van der Waals surface area contributed by atoms with E-state index in [4.69, 9.17) is 5.73 Å². The predicted molar refractivity (Wildman–Crippen MR) is 109 cm³/mol. The lowest BCUT2D eigenvalue weighted by Crippen LogP contribution is -2.35. The quantitative estimate of drug-likeness (QED) is 0.624. The number of nitrogens with two attached hydrogens (primary N) is 1. The van der Waals surface area contributed by atoms with Gasteiger partial charge in [-0.2, -0.15) is 18.3 Å². The molecule has 1 aliphatic heterocycles. The molecule has 1 fully saturated rings. The van der Waals surface area contributed by atoms with Crippen molar-refractivity contribution in [2.24, 2.45) is 5.92 Å². The SMILES string of the molecule is C[C@@H](C1CC1)N1Cc2cc(-c3cnc4c(N)ncnn34)cc(C(CO)C(F)(F)F)c2C1=O. The van der Waals surface area contributed by atoms with E-state index in [-0.39, 0.29) is 35.2 Å². The number of nitrogen functional groups attached to an aromatic ring is 1. The Kier molecular flexibility index (Phi) is 4.63. The Morgan fingerprint density at radius 2 is 2.03 bits per heavy atom. The molecule has 3 N–H and O–H groups in total. The minimum absolute atomic E-state index is 0.0283. The summed E-state index contributed by atoms with van der Waals surface area (Å²) in [5.41, 5.74) is 7.21. The standard InChI is InChI=1S/C21H21F3N6O2/c1-10(11-2-3-11)29-7-13-4-12(16-6-26-19-18(25)27-9-28-30(16)19)5-14(17(13)20(29)32)15(8-31)21(22,23)24/h4-6,9-11,15,31H,2-3,7-8H2,1H3,(H2,25,27,28)/t10-,15?/m0/s1. The Hall–Kier alpha value is -3.21. The first kappa shape index (κ1) is 20.7. The Morgan fingerprint density at radius 3 is 2.69 bits per heavy atom. The molecule has 2 aromatic heterocycles. The summed E-state index contributed by atoms with van der Waals surface area (Å²) in [6.07, 6.45) is -0.0251. The monoisotopic (exact) mass is 446 g/mol. The molecule has 0 spiro atoms. The van der Waals surface area contributed by atoms with Gasteiger partial charge in [-0.05, 0) is 48.9 Å². The van der Waals surface area contributed by atoms with E-state index in [1.807, 2.05) is 6.92 Å². The lowest BCUT2D eigenvalue weighted by atomic mass is 9.89. The van der Waals surface area contributed by atoms with Crippen molar-refractivity contribution in [2.75, 3.05) is 12.3 Å². The highest BCUT2D eigenvalue weighted by Gasteiger charge is 2.46. The van der Waals surface area contributed by atoms with Gasteiger partial charge in [-0.15, -0.1) is 0 Å². The predicted octanol–water partition coefficient (Wildman–Crippen LogP) is 2.77. The molecular weight excluding hydrogens is 425 g/mol. The number of aliphatic hydroxyl groups excluding tert-OH is 1. The van der Waals surface area contributed by atoms with E-state index in [1.54, 1.807) is 11.0 Å². The van der Waals surface area contributed by atoms with Gasteiger partial charge in [0.2, 0.25) is 0 Å². The third-order valence-electron chi connectivity index (χ3n) is 6.44. The maximum absolute atomic E-state index is 13.8. The summed E-state index contributed by atoms with van der Waals surface area (Å²) in [6, 6.07) is 2.94. The normalized spacial score (nSPS) is 18.3. The number of anilines is 1. The molecule has 3 heterocycles. The number of amides is 1. The molecule has 0 radical (unpaired) electrons. The number of hydrogen-bond donors (Lipinski definition) is 2. The Bertz CT molecular complexity index is 1220. The number of hydrogen-bond acceptors (Lipinski definition) is 6. The molecule has 0 saturated heterocycles. The number of nitrogens with zero attached hydrogens (tertiary/aromatic N) is 5. The van der Waals surface area contributed by atoms with E-state index in [1.165, 1.54) is 23.1 Å². The van der Waals surface area contributed by atoms with Crippen LogP contribution in [0, 0.1) is 5.92 Å². The number of alkyl halides is 3. The fraction of sp³-hybridized carbons (Fsp3) is 0.429. The number of rotatable bonds is 5. The lowest BCUT2D eigenvalue weighted by molar-refractivity contribution is -0.158. The number of fused-ring (bicyclic) bond motifs is 2. The summed E-state index contributed by atoms with van der Waals surface area (Å²) in [6.45, 7) is 0.989. The molecule has 1 amide bonds. The molecule has 168 valence electrons. The molecule has 1 aliphatic carbocycles. The number of halogens is 3. The maximum atomic E-state index is 13.8. The first-order valence-corrected chi connectivity index (χ1v) is 10.3. The van der Waals surface area contributed by atoms with Gasteiger partial charge in [0, 0.05) is 23.7 Å². The Balaban J connectivity index is 1.69. The zero-order valence-corrected chi connectivity index (χ0v) is 17.2. The number of carbonyl (C=O) groups is 1. The van der Waals surface area contributed by atoms with Crippen molar-refractivity contribution in [3.8, 4) is 11.3 Å². The number of imidazole rings is 1. The second kappa shape index (κ2) is 7.16. The third-order valence-corrected chi connectivity index (χ3v) is 6.44. The highest BCUT2D eigenvalue weighted by atomic mass is 19.4. The van der Waals surface area contributed by atoms with Crippen LogP contribution in [-0.2, 0) is 6.54 Å². The molecule has 2 atom stereocenters. The molecule has 8 nitrogen and oxygen atoms in total. The van der Waals surface area contributed by atoms with Crippen LogP contribution in [-0.4, -0.2) is 54.3 Å². The average molecular weight is 446 g/mol. The van der Waals surface area contributed by atoms with E-state index in [0.717, 1.165) is 12.8 Å². The molecule has 11 heteroatoms. The molecule has 1 unspecified atom stereocenters. The van der Waals surface area contributed by atoms with E-state index in [2.05, 4.69) is 15.1 Å². The van der Waals surface area contributed by atoms with Gasteiger partial charge in [-0.1, -0.05) is 0 Å². The van der Waals surface area contributed by atoms with Crippen LogP contribution >= 0.6 is 0 Å². The minimum atomic E-state index is -4.72. The van der Waals surface area contributed by atoms with E-state index >= 15 is 0 Å². The van der Waals surface area contributed by atoms with Gasteiger partial charge in [0.05, 0.1) is 18.5 Å². The summed E-state index contributed by atoms with van der Waals surface area (Å²) >= 11 is 0. The van der Waals surface area contributed by atoms with Crippen LogP contribution in [0.15, 0.2) is 24.7 Å². The van der Waals surface area contributed by atoms with Crippen LogP contribution in [0.2, 0.25) is 0 Å². The van der Waals surface area contributed by atoms with Crippen molar-refractivity contribution < 1.29 is 23.1 Å². The molecule has 3 aromatic rings. The minimum Gasteiger partial charge on any atom is -0.395 e. The van der Waals surface area contributed by atoms with Crippen molar-refractivity contribution >= 4 is 17.4 Å². The fourth-order valence-electron chi connectivity index (χ4n) is 4.51. The van der Waals surface area contributed by atoms with Gasteiger partial charge < -0.3 is 15.7 Å². The third kappa shape index (κ3) is 3.19. The summed E-state index contributed by atoms with van der Waals surface area (Å²) in [7, 11) is 0.